The van der Waals surface area contributed by atoms with E-state index in [1.54, 1.807) is 6.20 Å². The zero-order chi connectivity index (χ0) is 10.5. The van der Waals surface area contributed by atoms with Crippen molar-refractivity contribution >= 4 is 0 Å². The van der Waals surface area contributed by atoms with Crippen LogP contribution in [-0.2, 0) is 11.3 Å². The van der Waals surface area contributed by atoms with Crippen LogP contribution in [0.5, 0.6) is 0 Å². The minimum absolute atomic E-state index is 0.190. The molecule has 0 aromatic carbocycles. The largest absolute Gasteiger partial charge is 0.374 e. The van der Waals surface area contributed by atoms with Gasteiger partial charge in [0.05, 0.1) is 12.7 Å². The maximum Gasteiger partial charge on any atom is 0.0824 e. The van der Waals surface area contributed by atoms with Gasteiger partial charge in [-0.25, -0.2) is 0 Å². The fourth-order valence-corrected chi connectivity index (χ4v) is 1.82. The van der Waals surface area contributed by atoms with Gasteiger partial charge >= 0.3 is 0 Å². The van der Waals surface area contributed by atoms with Gasteiger partial charge in [-0.05, 0) is 11.6 Å². The first-order valence-corrected chi connectivity index (χ1v) is 5.31. The zero-order valence-corrected chi connectivity index (χ0v) is 8.80. The van der Waals surface area contributed by atoms with Crippen LogP contribution in [-0.4, -0.2) is 42.2 Å². The Morgan fingerprint density at radius 3 is 3.27 bits per heavy atom. The molecule has 0 spiro atoms. The second kappa shape index (κ2) is 5.21. The number of hydrogen-bond acceptors (Lipinski definition) is 4. The Balaban J connectivity index is 1.89. The minimum Gasteiger partial charge on any atom is -0.374 e. The summed E-state index contributed by atoms with van der Waals surface area (Å²) < 4.78 is 5.51. The lowest BCUT2D eigenvalue weighted by atomic mass is 10.2. The van der Waals surface area contributed by atoms with Crippen molar-refractivity contribution in [1.82, 2.24) is 9.88 Å². The molecule has 4 nitrogen and oxygen atoms in total. The van der Waals surface area contributed by atoms with Crippen LogP contribution in [0.4, 0.5) is 0 Å². The minimum atomic E-state index is 0.190. The van der Waals surface area contributed by atoms with Crippen LogP contribution in [0.2, 0.25) is 0 Å². The van der Waals surface area contributed by atoms with Crippen LogP contribution in [0, 0.1) is 0 Å². The number of rotatable bonds is 3. The second-order valence-corrected chi connectivity index (χ2v) is 3.82. The first kappa shape index (κ1) is 10.5. The average Bonchev–Trinajstić information content (AvgIpc) is 2.31. The molecule has 0 bridgehead atoms. The first-order valence-electron chi connectivity index (χ1n) is 5.31. The third kappa shape index (κ3) is 2.99. The van der Waals surface area contributed by atoms with Gasteiger partial charge in [-0.2, -0.15) is 0 Å². The molecule has 1 aliphatic rings. The van der Waals surface area contributed by atoms with Crippen LogP contribution in [0.3, 0.4) is 0 Å². The van der Waals surface area contributed by atoms with E-state index < -0.39 is 0 Å². The maximum absolute atomic E-state index is 5.59. The van der Waals surface area contributed by atoms with Crippen LogP contribution >= 0.6 is 0 Å². The van der Waals surface area contributed by atoms with Crippen LogP contribution in [0.1, 0.15) is 5.56 Å². The molecule has 0 radical (unpaired) electrons. The summed E-state index contributed by atoms with van der Waals surface area (Å²) in [4.78, 5) is 6.47. The first-order chi connectivity index (χ1) is 7.38. The summed E-state index contributed by atoms with van der Waals surface area (Å²) in [7, 11) is 0. The summed E-state index contributed by atoms with van der Waals surface area (Å²) in [6, 6.07) is 4.07. The van der Waals surface area contributed by atoms with Crippen molar-refractivity contribution in [3.8, 4) is 0 Å². The quantitative estimate of drug-likeness (QED) is 0.771. The molecule has 2 heterocycles. The third-order valence-corrected chi connectivity index (χ3v) is 2.61. The van der Waals surface area contributed by atoms with Gasteiger partial charge < -0.3 is 10.5 Å². The molecular weight excluding hydrogens is 190 g/mol. The van der Waals surface area contributed by atoms with Crippen molar-refractivity contribution in [3.63, 3.8) is 0 Å². The van der Waals surface area contributed by atoms with E-state index >= 15 is 0 Å². The molecule has 1 aromatic heterocycles. The molecule has 0 unspecified atom stereocenters. The number of pyridine rings is 1. The highest BCUT2D eigenvalue weighted by Gasteiger charge is 2.18. The van der Waals surface area contributed by atoms with Gasteiger partial charge in [-0.3, -0.25) is 9.88 Å². The topological polar surface area (TPSA) is 51.4 Å². The zero-order valence-electron chi connectivity index (χ0n) is 8.80. The molecule has 2 rings (SSSR count). The predicted octanol–water partition coefficient (Wildman–Crippen LogP) is 0.241. The van der Waals surface area contributed by atoms with E-state index in [1.807, 2.05) is 12.3 Å². The van der Waals surface area contributed by atoms with Gasteiger partial charge in [-0.1, -0.05) is 6.07 Å². The lowest BCUT2D eigenvalue weighted by molar-refractivity contribution is -0.0260. The van der Waals surface area contributed by atoms with Gasteiger partial charge in [0.2, 0.25) is 0 Å². The van der Waals surface area contributed by atoms with E-state index in [0.29, 0.717) is 6.54 Å². The lowest BCUT2D eigenvalue weighted by Crippen LogP contribution is -2.45. The normalized spacial score (nSPS) is 22.9. The highest BCUT2D eigenvalue weighted by atomic mass is 16.5. The van der Waals surface area contributed by atoms with Gasteiger partial charge in [0.15, 0.2) is 0 Å². The molecular formula is C11H17N3O. The molecule has 82 valence electrons. The van der Waals surface area contributed by atoms with Gasteiger partial charge in [0.25, 0.3) is 0 Å². The van der Waals surface area contributed by atoms with Crippen molar-refractivity contribution in [2.75, 3.05) is 26.2 Å². The SMILES string of the molecule is NC[C@@H]1CN(Cc2cccnc2)CCO1. The molecule has 0 aliphatic carbocycles. The summed E-state index contributed by atoms with van der Waals surface area (Å²) in [6.45, 7) is 4.22. The maximum atomic E-state index is 5.59. The van der Waals surface area contributed by atoms with E-state index in [4.69, 9.17) is 10.5 Å². The van der Waals surface area contributed by atoms with Crippen LogP contribution in [0.25, 0.3) is 0 Å². The van der Waals surface area contributed by atoms with E-state index in [0.717, 1.165) is 26.2 Å². The van der Waals surface area contributed by atoms with E-state index in [2.05, 4.69) is 16.0 Å². The Labute approximate surface area is 90.0 Å². The molecule has 1 saturated heterocycles. The Bertz CT molecular complexity index is 291. The highest BCUT2D eigenvalue weighted by Crippen LogP contribution is 2.08. The molecule has 1 aliphatic heterocycles. The number of nitrogens with two attached hydrogens (primary N) is 1. The molecule has 4 heteroatoms. The molecule has 0 amide bonds. The number of morpholine rings is 1. The standard InChI is InChI=1S/C11H17N3O/c12-6-11-9-14(4-5-15-11)8-10-2-1-3-13-7-10/h1-3,7,11H,4-6,8-9,12H2/t11-/m1/s1. The molecule has 15 heavy (non-hydrogen) atoms. The average molecular weight is 207 g/mol. The van der Waals surface area contributed by atoms with Crippen molar-refractivity contribution in [1.29, 1.82) is 0 Å². The van der Waals surface area contributed by atoms with Crippen molar-refractivity contribution in [2.24, 2.45) is 5.73 Å². The van der Waals surface area contributed by atoms with Crippen LogP contribution < -0.4 is 5.73 Å². The summed E-state index contributed by atoms with van der Waals surface area (Å²) in [5, 5.41) is 0. The van der Waals surface area contributed by atoms with E-state index in [1.165, 1.54) is 5.56 Å². The number of nitrogens with zero attached hydrogens (tertiary/aromatic N) is 2. The van der Waals surface area contributed by atoms with Crippen molar-refractivity contribution in [3.05, 3.63) is 30.1 Å². The summed E-state index contributed by atoms with van der Waals surface area (Å²) in [5.41, 5.74) is 6.84. The third-order valence-electron chi connectivity index (χ3n) is 2.61. The molecule has 1 aromatic rings. The summed E-state index contributed by atoms with van der Waals surface area (Å²) in [6.07, 6.45) is 3.90. The van der Waals surface area contributed by atoms with Crippen molar-refractivity contribution in [2.45, 2.75) is 12.6 Å². The van der Waals surface area contributed by atoms with Gasteiger partial charge in [0, 0.05) is 38.6 Å². The summed E-state index contributed by atoms with van der Waals surface area (Å²) in [5.74, 6) is 0. The number of hydrogen-bond donors (Lipinski definition) is 1. The van der Waals surface area contributed by atoms with E-state index in [9.17, 15) is 0 Å². The molecule has 1 fully saturated rings. The fraction of sp³-hybridized carbons (Fsp3) is 0.545. The Morgan fingerprint density at radius 1 is 1.60 bits per heavy atom. The number of aromatic nitrogens is 1. The molecule has 2 N–H and O–H groups in total. The van der Waals surface area contributed by atoms with Gasteiger partial charge in [0.1, 0.15) is 0 Å². The highest BCUT2D eigenvalue weighted by molar-refractivity contribution is 5.08. The number of ether oxygens (including phenoxy) is 1. The monoisotopic (exact) mass is 207 g/mol. The van der Waals surface area contributed by atoms with Gasteiger partial charge in [-0.15, -0.1) is 0 Å². The second-order valence-electron chi connectivity index (χ2n) is 3.82. The fourth-order valence-electron chi connectivity index (χ4n) is 1.82. The Morgan fingerprint density at radius 2 is 2.53 bits per heavy atom. The molecule has 0 saturated carbocycles. The Kier molecular flexibility index (Phi) is 3.66. The van der Waals surface area contributed by atoms with E-state index in [-0.39, 0.29) is 6.10 Å². The lowest BCUT2D eigenvalue weighted by Gasteiger charge is -2.32. The van der Waals surface area contributed by atoms with Crippen LogP contribution in [0.15, 0.2) is 24.5 Å². The van der Waals surface area contributed by atoms with Crippen molar-refractivity contribution < 1.29 is 4.74 Å². The molecule has 1 atom stereocenters. The smallest absolute Gasteiger partial charge is 0.0824 e. The summed E-state index contributed by atoms with van der Waals surface area (Å²) >= 11 is 0. The Hall–Kier alpha value is -0.970. The predicted molar refractivity (Wildman–Crippen MR) is 58.3 cm³/mol.